The molecule has 0 heterocycles. The topological polar surface area (TPSA) is 69.6 Å². The van der Waals surface area contributed by atoms with Crippen molar-refractivity contribution in [3.05, 3.63) is 0 Å². The number of amides is 1. The molecule has 0 saturated carbocycles. The second-order valence-electron chi connectivity index (χ2n) is 10.8. The highest BCUT2D eigenvalue weighted by molar-refractivity contribution is 5.82. The van der Waals surface area contributed by atoms with Crippen LogP contribution in [0.3, 0.4) is 0 Å². The summed E-state index contributed by atoms with van der Waals surface area (Å²) in [5.41, 5.74) is 0. The Morgan fingerprint density at radius 1 is 0.611 bits per heavy atom. The minimum Gasteiger partial charge on any atom is -0.481 e. The van der Waals surface area contributed by atoms with E-state index in [4.69, 9.17) is 5.11 Å². The second-order valence-corrected chi connectivity index (χ2v) is 10.8. The lowest BCUT2D eigenvalue weighted by molar-refractivity contribution is -0.138. The Morgan fingerprint density at radius 2 is 1.00 bits per heavy atom. The molecule has 0 aliphatic rings. The van der Waals surface area contributed by atoms with Crippen LogP contribution < -0.4 is 5.32 Å². The Bertz CT molecular complexity index is 490. The van der Waals surface area contributed by atoms with Gasteiger partial charge < -0.3 is 15.3 Å². The van der Waals surface area contributed by atoms with E-state index in [1.807, 2.05) is 4.90 Å². The predicted molar refractivity (Wildman–Crippen MR) is 155 cm³/mol. The Kier molecular flexibility index (Phi) is 26.1. The highest BCUT2D eigenvalue weighted by Crippen LogP contribution is 2.14. The fourth-order valence-electron chi connectivity index (χ4n) is 4.78. The van der Waals surface area contributed by atoms with Crippen LogP contribution in [0.4, 0.5) is 0 Å². The van der Waals surface area contributed by atoms with Crippen LogP contribution in [0.5, 0.6) is 0 Å². The molecule has 0 aliphatic carbocycles. The summed E-state index contributed by atoms with van der Waals surface area (Å²) in [6, 6.07) is -0.369. The number of carbonyl (C=O) groups is 2. The zero-order valence-electron chi connectivity index (χ0n) is 24.5. The molecule has 214 valence electrons. The molecule has 36 heavy (non-hydrogen) atoms. The fraction of sp³-hybridized carbons (Fsp3) is 0.935. The number of hydrogen-bond donors (Lipinski definition) is 2. The van der Waals surface area contributed by atoms with Gasteiger partial charge in [0.05, 0.1) is 6.04 Å². The zero-order valence-corrected chi connectivity index (χ0v) is 24.5. The largest absolute Gasteiger partial charge is 0.481 e. The lowest BCUT2D eigenvalue weighted by Gasteiger charge is -2.28. The maximum absolute atomic E-state index is 13.1. The van der Waals surface area contributed by atoms with Crippen molar-refractivity contribution in [2.75, 3.05) is 19.6 Å². The van der Waals surface area contributed by atoms with Crippen LogP contribution in [0.1, 0.15) is 162 Å². The SMILES string of the molecule is CCCCCCCCCCCCCCCCCCN[C@@H](CCC(=O)O)C(=O)N(CCCC)CCCC. The van der Waals surface area contributed by atoms with Gasteiger partial charge in [0, 0.05) is 19.5 Å². The molecule has 0 bridgehead atoms. The van der Waals surface area contributed by atoms with Crippen LogP contribution in [0.15, 0.2) is 0 Å². The molecular weight excluding hydrogens is 448 g/mol. The van der Waals surface area contributed by atoms with Crippen LogP contribution in [0, 0.1) is 0 Å². The number of unbranched alkanes of at least 4 members (excludes halogenated alkanes) is 17. The Hall–Kier alpha value is -1.10. The van der Waals surface area contributed by atoms with E-state index >= 15 is 0 Å². The van der Waals surface area contributed by atoms with Crippen molar-refractivity contribution >= 4 is 11.9 Å². The smallest absolute Gasteiger partial charge is 0.303 e. The molecular formula is C31H62N2O3. The fourth-order valence-corrected chi connectivity index (χ4v) is 4.78. The molecule has 0 aromatic rings. The summed E-state index contributed by atoms with van der Waals surface area (Å²) in [4.78, 5) is 26.2. The van der Waals surface area contributed by atoms with Gasteiger partial charge in [-0.3, -0.25) is 9.59 Å². The van der Waals surface area contributed by atoms with E-state index in [2.05, 4.69) is 26.1 Å². The standard InChI is InChI=1S/C31H62N2O3/c1-4-7-10-11-12-13-14-15-16-17-18-19-20-21-22-23-26-32-29(24-25-30(34)35)31(36)33(27-8-5-2)28-9-6-3/h29,32H,4-28H2,1-3H3,(H,34,35)/t29-/m0/s1. The third-order valence-corrected chi connectivity index (χ3v) is 7.24. The summed E-state index contributed by atoms with van der Waals surface area (Å²) in [6.45, 7) is 8.91. The minimum atomic E-state index is -0.828. The third-order valence-electron chi connectivity index (χ3n) is 7.24. The van der Waals surface area contributed by atoms with Crippen molar-refractivity contribution in [1.82, 2.24) is 10.2 Å². The van der Waals surface area contributed by atoms with Gasteiger partial charge in [0.15, 0.2) is 0 Å². The van der Waals surface area contributed by atoms with Gasteiger partial charge in [-0.2, -0.15) is 0 Å². The molecule has 0 radical (unpaired) electrons. The molecule has 5 nitrogen and oxygen atoms in total. The average Bonchev–Trinajstić information content (AvgIpc) is 2.87. The number of nitrogens with one attached hydrogen (secondary N) is 1. The maximum Gasteiger partial charge on any atom is 0.303 e. The van der Waals surface area contributed by atoms with Crippen LogP contribution >= 0.6 is 0 Å². The van der Waals surface area contributed by atoms with E-state index in [-0.39, 0.29) is 18.4 Å². The van der Waals surface area contributed by atoms with Crippen molar-refractivity contribution in [2.45, 2.75) is 168 Å². The lowest BCUT2D eigenvalue weighted by Crippen LogP contribution is -2.47. The van der Waals surface area contributed by atoms with Gasteiger partial charge in [0.2, 0.25) is 5.91 Å². The molecule has 0 saturated heterocycles. The molecule has 0 unspecified atom stereocenters. The quantitative estimate of drug-likeness (QED) is 0.104. The number of rotatable bonds is 28. The van der Waals surface area contributed by atoms with Crippen molar-refractivity contribution in [3.8, 4) is 0 Å². The highest BCUT2D eigenvalue weighted by atomic mass is 16.4. The second kappa shape index (κ2) is 26.9. The van der Waals surface area contributed by atoms with Crippen molar-refractivity contribution < 1.29 is 14.7 Å². The molecule has 0 aliphatic heterocycles. The van der Waals surface area contributed by atoms with Crippen molar-refractivity contribution in [1.29, 1.82) is 0 Å². The molecule has 0 spiro atoms. The van der Waals surface area contributed by atoms with E-state index < -0.39 is 5.97 Å². The van der Waals surface area contributed by atoms with Crippen LogP contribution in [0.2, 0.25) is 0 Å². The molecule has 1 amide bonds. The van der Waals surface area contributed by atoms with Crippen LogP contribution in [-0.4, -0.2) is 47.6 Å². The zero-order chi connectivity index (χ0) is 26.7. The first-order valence-corrected chi connectivity index (χ1v) is 15.8. The van der Waals surface area contributed by atoms with Crippen molar-refractivity contribution in [2.24, 2.45) is 0 Å². The maximum atomic E-state index is 13.1. The van der Waals surface area contributed by atoms with Gasteiger partial charge in [-0.15, -0.1) is 0 Å². The molecule has 0 fully saturated rings. The number of hydrogen-bond acceptors (Lipinski definition) is 3. The van der Waals surface area contributed by atoms with Crippen LogP contribution in [-0.2, 0) is 9.59 Å². The van der Waals surface area contributed by atoms with Gasteiger partial charge in [0.25, 0.3) is 0 Å². The molecule has 0 aromatic carbocycles. The minimum absolute atomic E-state index is 0.0394. The van der Waals surface area contributed by atoms with Crippen molar-refractivity contribution in [3.63, 3.8) is 0 Å². The van der Waals surface area contributed by atoms with E-state index in [1.165, 1.54) is 96.3 Å². The monoisotopic (exact) mass is 510 g/mol. The third kappa shape index (κ3) is 22.1. The Balaban J connectivity index is 3.94. The number of carboxylic acids is 1. The van der Waals surface area contributed by atoms with E-state index in [9.17, 15) is 9.59 Å². The summed E-state index contributed by atoms with van der Waals surface area (Å²) in [7, 11) is 0. The number of carbonyl (C=O) groups excluding carboxylic acids is 1. The summed E-state index contributed by atoms with van der Waals surface area (Å²) >= 11 is 0. The number of carboxylic acid groups (broad SMARTS) is 1. The van der Waals surface area contributed by atoms with Gasteiger partial charge in [-0.1, -0.05) is 130 Å². The van der Waals surface area contributed by atoms with Gasteiger partial charge in [-0.05, 0) is 32.2 Å². The van der Waals surface area contributed by atoms with E-state index in [1.54, 1.807) is 0 Å². The number of aliphatic carboxylic acids is 1. The normalized spacial score (nSPS) is 12.1. The summed E-state index contributed by atoms with van der Waals surface area (Å²) in [5, 5.41) is 12.5. The first kappa shape index (κ1) is 34.9. The molecule has 2 N–H and O–H groups in total. The number of nitrogens with zero attached hydrogens (tertiary/aromatic N) is 1. The molecule has 0 rings (SSSR count). The molecule has 0 aromatic heterocycles. The predicted octanol–water partition coefficient (Wildman–Crippen LogP) is 8.50. The Morgan fingerprint density at radius 3 is 1.39 bits per heavy atom. The molecule has 5 heteroatoms. The summed E-state index contributed by atoms with van der Waals surface area (Å²) < 4.78 is 0. The van der Waals surface area contributed by atoms with Gasteiger partial charge >= 0.3 is 5.97 Å². The Labute approximate surface area is 224 Å². The van der Waals surface area contributed by atoms with Gasteiger partial charge in [-0.25, -0.2) is 0 Å². The summed E-state index contributed by atoms with van der Waals surface area (Å²) in [6.07, 6.45) is 26.1. The van der Waals surface area contributed by atoms with Gasteiger partial charge in [0.1, 0.15) is 0 Å². The summed E-state index contributed by atoms with van der Waals surface area (Å²) in [5.74, 6) is -0.736. The average molecular weight is 511 g/mol. The molecule has 1 atom stereocenters. The van der Waals surface area contributed by atoms with E-state index in [0.29, 0.717) is 6.42 Å². The lowest BCUT2D eigenvalue weighted by atomic mass is 10.0. The first-order valence-electron chi connectivity index (χ1n) is 15.8. The first-order chi connectivity index (χ1) is 17.6. The van der Waals surface area contributed by atoms with Crippen LogP contribution in [0.25, 0.3) is 0 Å². The highest BCUT2D eigenvalue weighted by Gasteiger charge is 2.24. The van der Waals surface area contributed by atoms with E-state index in [0.717, 1.165) is 51.7 Å².